The number of thioether (sulfide) groups is 1. The van der Waals surface area contributed by atoms with Crippen LogP contribution in [0.25, 0.3) is 0 Å². The van der Waals surface area contributed by atoms with Crippen LogP contribution in [0.5, 0.6) is 0 Å². The SMILES string of the molecule is CCc1ccc(NC(=O)CC2CSCCN2)cc1.Cl. The zero-order chi connectivity index (χ0) is 12.8. The first-order valence-corrected chi connectivity index (χ1v) is 7.63. The van der Waals surface area contributed by atoms with Crippen molar-refractivity contribution in [3.05, 3.63) is 29.8 Å². The van der Waals surface area contributed by atoms with E-state index in [4.69, 9.17) is 0 Å². The predicted octanol–water partition coefficient (Wildman–Crippen LogP) is 2.70. The lowest BCUT2D eigenvalue weighted by atomic mass is 10.1. The molecule has 1 heterocycles. The molecule has 1 aromatic carbocycles. The topological polar surface area (TPSA) is 41.1 Å². The van der Waals surface area contributed by atoms with Crippen LogP contribution in [0.4, 0.5) is 5.69 Å². The number of hydrogen-bond donors (Lipinski definition) is 2. The van der Waals surface area contributed by atoms with Crippen molar-refractivity contribution < 1.29 is 4.79 Å². The molecular formula is C14H21ClN2OS. The van der Waals surface area contributed by atoms with E-state index >= 15 is 0 Å². The number of anilines is 1. The summed E-state index contributed by atoms with van der Waals surface area (Å²) in [5.74, 6) is 2.28. The van der Waals surface area contributed by atoms with Gasteiger partial charge in [0, 0.05) is 36.2 Å². The van der Waals surface area contributed by atoms with Gasteiger partial charge in [0.1, 0.15) is 0 Å². The summed E-state index contributed by atoms with van der Waals surface area (Å²) in [5.41, 5.74) is 2.18. The number of halogens is 1. The first-order chi connectivity index (χ1) is 8.78. The van der Waals surface area contributed by atoms with Gasteiger partial charge in [-0.25, -0.2) is 0 Å². The molecule has 0 saturated carbocycles. The lowest BCUT2D eigenvalue weighted by molar-refractivity contribution is -0.116. The lowest BCUT2D eigenvalue weighted by Crippen LogP contribution is -2.39. The van der Waals surface area contributed by atoms with Crippen LogP contribution in [-0.2, 0) is 11.2 Å². The standard InChI is InChI=1S/C14H20N2OS.ClH/c1-2-11-3-5-12(6-4-11)16-14(17)9-13-10-18-8-7-15-13;/h3-6,13,15H,2,7-10H2,1H3,(H,16,17);1H. The molecule has 1 fully saturated rings. The highest BCUT2D eigenvalue weighted by molar-refractivity contribution is 7.99. The number of aryl methyl sites for hydroxylation is 1. The molecule has 0 bridgehead atoms. The van der Waals surface area contributed by atoms with Gasteiger partial charge < -0.3 is 10.6 Å². The van der Waals surface area contributed by atoms with E-state index in [0.29, 0.717) is 12.5 Å². The largest absolute Gasteiger partial charge is 0.326 e. The predicted molar refractivity (Wildman–Crippen MR) is 85.4 cm³/mol. The third-order valence-electron chi connectivity index (χ3n) is 3.08. The summed E-state index contributed by atoms with van der Waals surface area (Å²) in [6.45, 7) is 3.13. The zero-order valence-corrected chi connectivity index (χ0v) is 12.8. The Morgan fingerprint density at radius 3 is 2.74 bits per heavy atom. The Kier molecular flexibility index (Phi) is 7.28. The number of rotatable bonds is 4. The molecule has 2 rings (SSSR count). The fourth-order valence-corrected chi connectivity index (χ4v) is 2.96. The molecular weight excluding hydrogens is 280 g/mol. The molecule has 0 spiro atoms. The van der Waals surface area contributed by atoms with Crippen LogP contribution in [0, 0.1) is 0 Å². The van der Waals surface area contributed by atoms with E-state index in [1.165, 1.54) is 5.56 Å². The smallest absolute Gasteiger partial charge is 0.225 e. The molecule has 1 aliphatic heterocycles. The van der Waals surface area contributed by atoms with E-state index in [2.05, 4.69) is 29.7 Å². The quantitative estimate of drug-likeness (QED) is 0.898. The van der Waals surface area contributed by atoms with Crippen LogP contribution in [0.3, 0.4) is 0 Å². The van der Waals surface area contributed by atoms with Crippen LogP contribution in [0.2, 0.25) is 0 Å². The summed E-state index contributed by atoms with van der Waals surface area (Å²) in [5, 5.41) is 6.32. The van der Waals surface area contributed by atoms with Crippen molar-refractivity contribution in [2.75, 3.05) is 23.4 Å². The van der Waals surface area contributed by atoms with Crippen LogP contribution in [-0.4, -0.2) is 30.0 Å². The minimum absolute atomic E-state index is 0. The summed E-state index contributed by atoms with van der Waals surface area (Å²) in [4.78, 5) is 11.9. The van der Waals surface area contributed by atoms with Gasteiger partial charge in [0.15, 0.2) is 0 Å². The monoisotopic (exact) mass is 300 g/mol. The van der Waals surface area contributed by atoms with Crippen molar-refractivity contribution >= 4 is 35.8 Å². The van der Waals surface area contributed by atoms with E-state index in [1.807, 2.05) is 23.9 Å². The molecule has 0 aliphatic carbocycles. The third-order valence-corrected chi connectivity index (χ3v) is 4.21. The van der Waals surface area contributed by atoms with E-state index in [1.54, 1.807) is 0 Å². The fourth-order valence-electron chi connectivity index (χ4n) is 2.01. The van der Waals surface area contributed by atoms with Crippen molar-refractivity contribution in [1.29, 1.82) is 0 Å². The summed E-state index contributed by atoms with van der Waals surface area (Å²) in [7, 11) is 0. The molecule has 0 radical (unpaired) electrons. The maximum Gasteiger partial charge on any atom is 0.225 e. The van der Waals surface area contributed by atoms with E-state index in [0.717, 1.165) is 30.2 Å². The average molecular weight is 301 g/mol. The second-order valence-corrected chi connectivity index (χ2v) is 5.68. The van der Waals surface area contributed by atoms with Crippen LogP contribution < -0.4 is 10.6 Å². The molecule has 1 aromatic rings. The van der Waals surface area contributed by atoms with Crippen molar-refractivity contribution in [3.63, 3.8) is 0 Å². The van der Waals surface area contributed by atoms with Gasteiger partial charge in [-0.3, -0.25) is 4.79 Å². The molecule has 0 aromatic heterocycles. The van der Waals surface area contributed by atoms with Gasteiger partial charge >= 0.3 is 0 Å². The Morgan fingerprint density at radius 1 is 1.42 bits per heavy atom. The molecule has 3 nitrogen and oxygen atoms in total. The summed E-state index contributed by atoms with van der Waals surface area (Å²) in [6.07, 6.45) is 1.58. The van der Waals surface area contributed by atoms with Gasteiger partial charge in [-0.15, -0.1) is 12.4 Å². The molecule has 1 aliphatic rings. The molecule has 19 heavy (non-hydrogen) atoms. The first-order valence-electron chi connectivity index (χ1n) is 6.48. The van der Waals surface area contributed by atoms with Crippen LogP contribution in [0.15, 0.2) is 24.3 Å². The van der Waals surface area contributed by atoms with Gasteiger partial charge in [-0.05, 0) is 24.1 Å². The maximum atomic E-state index is 11.9. The van der Waals surface area contributed by atoms with Gasteiger partial charge in [-0.1, -0.05) is 19.1 Å². The minimum Gasteiger partial charge on any atom is -0.326 e. The van der Waals surface area contributed by atoms with Crippen molar-refractivity contribution in [3.8, 4) is 0 Å². The number of hydrogen-bond acceptors (Lipinski definition) is 3. The number of benzene rings is 1. The highest BCUT2D eigenvalue weighted by atomic mass is 35.5. The second-order valence-electron chi connectivity index (χ2n) is 4.53. The molecule has 1 amide bonds. The number of nitrogens with one attached hydrogen (secondary N) is 2. The zero-order valence-electron chi connectivity index (χ0n) is 11.1. The van der Waals surface area contributed by atoms with E-state index in [-0.39, 0.29) is 18.3 Å². The Morgan fingerprint density at radius 2 is 2.16 bits per heavy atom. The van der Waals surface area contributed by atoms with Crippen molar-refractivity contribution in [2.24, 2.45) is 0 Å². The number of amides is 1. The van der Waals surface area contributed by atoms with Gasteiger partial charge in [0.2, 0.25) is 5.91 Å². The number of carbonyl (C=O) groups excluding carboxylic acids is 1. The third kappa shape index (κ3) is 5.43. The molecule has 1 atom stereocenters. The molecule has 2 N–H and O–H groups in total. The normalized spacial score (nSPS) is 18.5. The fraction of sp³-hybridized carbons (Fsp3) is 0.500. The highest BCUT2D eigenvalue weighted by Gasteiger charge is 2.16. The molecule has 106 valence electrons. The van der Waals surface area contributed by atoms with Crippen LogP contribution in [0.1, 0.15) is 18.9 Å². The van der Waals surface area contributed by atoms with Crippen molar-refractivity contribution in [2.45, 2.75) is 25.8 Å². The summed E-state index contributed by atoms with van der Waals surface area (Å²) in [6, 6.07) is 8.38. The van der Waals surface area contributed by atoms with Gasteiger partial charge in [0.05, 0.1) is 0 Å². The van der Waals surface area contributed by atoms with Gasteiger partial charge in [-0.2, -0.15) is 11.8 Å². The minimum atomic E-state index is 0. The number of carbonyl (C=O) groups is 1. The molecule has 1 saturated heterocycles. The Bertz CT molecular complexity index is 391. The molecule has 5 heteroatoms. The Hall–Kier alpha value is -0.710. The first kappa shape index (κ1) is 16.3. The van der Waals surface area contributed by atoms with Gasteiger partial charge in [0.25, 0.3) is 0 Å². The van der Waals surface area contributed by atoms with E-state index in [9.17, 15) is 4.79 Å². The maximum absolute atomic E-state index is 11.9. The van der Waals surface area contributed by atoms with E-state index < -0.39 is 0 Å². The highest BCUT2D eigenvalue weighted by Crippen LogP contribution is 2.13. The summed E-state index contributed by atoms with van der Waals surface area (Å²) >= 11 is 1.91. The second kappa shape index (κ2) is 8.46. The van der Waals surface area contributed by atoms with Crippen molar-refractivity contribution in [1.82, 2.24) is 5.32 Å². The lowest BCUT2D eigenvalue weighted by Gasteiger charge is -2.22. The average Bonchev–Trinajstić information content (AvgIpc) is 2.40. The Labute approximate surface area is 125 Å². The van der Waals surface area contributed by atoms with Crippen LogP contribution >= 0.6 is 24.2 Å². The Balaban J connectivity index is 0.00000180. The molecule has 1 unspecified atom stereocenters. The summed E-state index contributed by atoms with van der Waals surface area (Å²) < 4.78 is 0.